The second-order valence-electron chi connectivity index (χ2n) is 4.60. The molecule has 1 fully saturated rings. The van der Waals surface area contributed by atoms with E-state index >= 15 is 0 Å². The number of rotatable bonds is 3. The van der Waals surface area contributed by atoms with Crippen LogP contribution in [0.3, 0.4) is 0 Å². The van der Waals surface area contributed by atoms with Gasteiger partial charge in [0.05, 0.1) is 18.9 Å². The van der Waals surface area contributed by atoms with E-state index in [9.17, 15) is 4.79 Å². The lowest BCUT2D eigenvalue weighted by Gasteiger charge is -2.35. The largest absolute Gasteiger partial charge is 0.377 e. The molecule has 2 heterocycles. The Morgan fingerprint density at radius 1 is 1.47 bits per heavy atom. The molecule has 19 heavy (non-hydrogen) atoms. The average Bonchev–Trinajstić information content (AvgIpc) is 2.41. The van der Waals surface area contributed by atoms with Crippen molar-refractivity contribution in [3.8, 4) is 0 Å². The summed E-state index contributed by atoms with van der Waals surface area (Å²) < 4.78 is 5.30. The van der Waals surface area contributed by atoms with Crippen molar-refractivity contribution in [2.45, 2.75) is 26.4 Å². The van der Waals surface area contributed by atoms with E-state index in [4.69, 9.17) is 16.2 Å². The number of aromatic nitrogens is 2. The highest BCUT2D eigenvalue weighted by molar-refractivity contribution is 5.84. The molecule has 0 spiro atoms. The molecule has 4 N–H and O–H groups in total. The van der Waals surface area contributed by atoms with Crippen molar-refractivity contribution in [1.29, 1.82) is 0 Å². The highest BCUT2D eigenvalue weighted by atomic mass is 16.5. The standard InChI is InChI=1S/C12H19N5O2/c1-7-8(2)15-16-12(9(7)5-13)17-3-4-19-6-10(17)11(14)18/h10H,3-6,13H2,1-2H3,(H2,14,18). The molecule has 1 saturated heterocycles. The number of nitrogens with zero attached hydrogens (tertiary/aromatic N) is 3. The molecule has 7 heteroatoms. The predicted octanol–water partition coefficient (Wildman–Crippen LogP) is -0.757. The Bertz CT molecular complexity index is 491. The van der Waals surface area contributed by atoms with E-state index in [-0.39, 0.29) is 6.61 Å². The molecule has 0 aliphatic carbocycles. The SMILES string of the molecule is Cc1nnc(N2CCOCC2C(N)=O)c(CN)c1C. The average molecular weight is 265 g/mol. The molecule has 104 valence electrons. The summed E-state index contributed by atoms with van der Waals surface area (Å²) in [5.41, 5.74) is 14.0. The minimum atomic E-state index is -0.518. The fourth-order valence-corrected chi connectivity index (χ4v) is 2.21. The predicted molar refractivity (Wildman–Crippen MR) is 70.5 cm³/mol. The lowest BCUT2D eigenvalue weighted by Crippen LogP contribution is -2.53. The summed E-state index contributed by atoms with van der Waals surface area (Å²) in [4.78, 5) is 13.4. The maximum Gasteiger partial charge on any atom is 0.242 e. The Hall–Kier alpha value is -1.73. The molecule has 7 nitrogen and oxygen atoms in total. The third kappa shape index (κ3) is 2.52. The Morgan fingerprint density at radius 3 is 2.84 bits per heavy atom. The Labute approximate surface area is 111 Å². The van der Waals surface area contributed by atoms with Gasteiger partial charge in [-0.05, 0) is 19.4 Å². The fourth-order valence-electron chi connectivity index (χ4n) is 2.21. The molecular weight excluding hydrogens is 246 g/mol. The van der Waals surface area contributed by atoms with Crippen molar-refractivity contribution in [1.82, 2.24) is 10.2 Å². The lowest BCUT2D eigenvalue weighted by molar-refractivity contribution is -0.121. The first-order valence-corrected chi connectivity index (χ1v) is 6.22. The van der Waals surface area contributed by atoms with Crippen LogP contribution in [0.5, 0.6) is 0 Å². The van der Waals surface area contributed by atoms with Gasteiger partial charge in [0.2, 0.25) is 5.91 Å². The summed E-state index contributed by atoms with van der Waals surface area (Å²) in [5, 5.41) is 8.31. The van der Waals surface area contributed by atoms with Gasteiger partial charge in [0, 0.05) is 18.7 Å². The molecule has 1 aromatic rings. The first-order chi connectivity index (χ1) is 9.06. The van der Waals surface area contributed by atoms with E-state index in [0.29, 0.717) is 25.5 Å². The van der Waals surface area contributed by atoms with Crippen LogP contribution in [0.2, 0.25) is 0 Å². The number of amides is 1. The van der Waals surface area contributed by atoms with Crippen LogP contribution in [0.25, 0.3) is 0 Å². The summed E-state index contributed by atoms with van der Waals surface area (Å²) in [5.74, 6) is 0.209. The minimum absolute atomic E-state index is 0.272. The number of aryl methyl sites for hydroxylation is 1. The maximum absolute atomic E-state index is 11.5. The smallest absolute Gasteiger partial charge is 0.242 e. The number of nitrogens with two attached hydrogens (primary N) is 2. The summed E-state index contributed by atoms with van der Waals surface area (Å²) in [6.07, 6.45) is 0. The molecular formula is C12H19N5O2. The van der Waals surface area contributed by atoms with Gasteiger partial charge < -0.3 is 21.1 Å². The maximum atomic E-state index is 11.5. The summed E-state index contributed by atoms with van der Waals surface area (Å²) in [6, 6.07) is -0.518. The molecule has 0 bridgehead atoms. The van der Waals surface area contributed by atoms with Crippen LogP contribution in [-0.2, 0) is 16.1 Å². The quantitative estimate of drug-likeness (QED) is 0.744. The molecule has 1 atom stereocenters. The third-order valence-electron chi connectivity index (χ3n) is 3.49. The molecule has 1 aliphatic heterocycles. The summed E-state index contributed by atoms with van der Waals surface area (Å²) in [6.45, 7) is 5.54. The zero-order chi connectivity index (χ0) is 14.0. The van der Waals surface area contributed by atoms with Crippen molar-refractivity contribution in [2.75, 3.05) is 24.7 Å². The fraction of sp³-hybridized carbons (Fsp3) is 0.583. The second-order valence-corrected chi connectivity index (χ2v) is 4.60. The van der Waals surface area contributed by atoms with E-state index < -0.39 is 11.9 Å². The van der Waals surface area contributed by atoms with Gasteiger partial charge in [0.25, 0.3) is 0 Å². The van der Waals surface area contributed by atoms with E-state index in [1.165, 1.54) is 0 Å². The van der Waals surface area contributed by atoms with E-state index in [1.54, 1.807) is 0 Å². The van der Waals surface area contributed by atoms with Crippen LogP contribution >= 0.6 is 0 Å². The molecule has 1 aromatic heterocycles. The van der Waals surface area contributed by atoms with Gasteiger partial charge in [-0.3, -0.25) is 4.79 Å². The molecule has 1 unspecified atom stereocenters. The van der Waals surface area contributed by atoms with Crippen LogP contribution < -0.4 is 16.4 Å². The van der Waals surface area contributed by atoms with Gasteiger partial charge in [0.15, 0.2) is 5.82 Å². The molecule has 1 aliphatic rings. The number of morpholine rings is 1. The monoisotopic (exact) mass is 265 g/mol. The number of primary amides is 1. The van der Waals surface area contributed by atoms with E-state index in [1.807, 2.05) is 18.7 Å². The van der Waals surface area contributed by atoms with Gasteiger partial charge in [-0.2, -0.15) is 5.10 Å². The van der Waals surface area contributed by atoms with Gasteiger partial charge in [-0.25, -0.2) is 0 Å². The minimum Gasteiger partial charge on any atom is -0.377 e. The summed E-state index contributed by atoms with van der Waals surface area (Å²) in [7, 11) is 0. The number of anilines is 1. The normalized spacial score (nSPS) is 19.5. The summed E-state index contributed by atoms with van der Waals surface area (Å²) >= 11 is 0. The number of hydrogen-bond donors (Lipinski definition) is 2. The number of carbonyl (C=O) groups is 1. The van der Waals surface area contributed by atoms with Crippen LogP contribution in [0.1, 0.15) is 16.8 Å². The first kappa shape index (κ1) is 13.7. The zero-order valence-electron chi connectivity index (χ0n) is 11.2. The van der Waals surface area contributed by atoms with Crippen LogP contribution in [-0.4, -0.2) is 41.9 Å². The second kappa shape index (κ2) is 5.50. The van der Waals surface area contributed by atoms with Crippen LogP contribution in [0, 0.1) is 13.8 Å². The molecule has 1 amide bonds. The van der Waals surface area contributed by atoms with Crippen molar-refractivity contribution in [2.24, 2.45) is 11.5 Å². The van der Waals surface area contributed by atoms with E-state index in [0.717, 1.165) is 16.8 Å². The lowest BCUT2D eigenvalue weighted by atomic mass is 10.1. The van der Waals surface area contributed by atoms with Gasteiger partial charge in [0.1, 0.15) is 6.04 Å². The Kier molecular flexibility index (Phi) is 3.96. The van der Waals surface area contributed by atoms with Gasteiger partial charge in [-0.15, -0.1) is 5.10 Å². The first-order valence-electron chi connectivity index (χ1n) is 6.22. The van der Waals surface area contributed by atoms with Crippen molar-refractivity contribution >= 4 is 11.7 Å². The highest BCUT2D eigenvalue weighted by Crippen LogP contribution is 2.24. The van der Waals surface area contributed by atoms with Crippen molar-refractivity contribution in [3.05, 3.63) is 16.8 Å². The number of hydrogen-bond acceptors (Lipinski definition) is 6. The van der Waals surface area contributed by atoms with Crippen LogP contribution in [0.15, 0.2) is 0 Å². The zero-order valence-corrected chi connectivity index (χ0v) is 11.2. The van der Waals surface area contributed by atoms with Gasteiger partial charge >= 0.3 is 0 Å². The van der Waals surface area contributed by atoms with E-state index in [2.05, 4.69) is 10.2 Å². The Morgan fingerprint density at radius 2 is 2.21 bits per heavy atom. The number of ether oxygens (including phenoxy) is 1. The Balaban J connectivity index is 2.44. The topological polar surface area (TPSA) is 107 Å². The molecule has 2 rings (SSSR count). The molecule has 0 aromatic carbocycles. The van der Waals surface area contributed by atoms with Crippen molar-refractivity contribution in [3.63, 3.8) is 0 Å². The van der Waals surface area contributed by atoms with Crippen LogP contribution in [0.4, 0.5) is 5.82 Å². The van der Waals surface area contributed by atoms with Gasteiger partial charge in [-0.1, -0.05) is 0 Å². The molecule has 0 radical (unpaired) electrons. The highest BCUT2D eigenvalue weighted by Gasteiger charge is 2.30. The van der Waals surface area contributed by atoms with Crippen molar-refractivity contribution < 1.29 is 9.53 Å². The third-order valence-corrected chi connectivity index (χ3v) is 3.49. The molecule has 0 saturated carbocycles. The number of carbonyl (C=O) groups excluding carboxylic acids is 1.